The maximum Gasteiger partial charge on any atom is 0.415 e. The molecule has 8 nitrogen and oxygen atoms in total. The summed E-state index contributed by atoms with van der Waals surface area (Å²) in [7, 11) is 0. The molecule has 3 fully saturated rings. The largest absolute Gasteiger partial charge is 0.415 e. The molecule has 0 spiro atoms. The zero-order valence-corrected chi connectivity index (χ0v) is 19.8. The second-order valence-corrected chi connectivity index (χ2v) is 9.94. The Hall–Kier alpha value is -3.42. The molecule has 2 unspecified atom stereocenters. The number of carbonyl (C=O) groups excluding carboxylic acids is 2. The first-order valence-electron chi connectivity index (χ1n) is 12.5. The molecule has 3 aliphatic rings. The zero-order valence-electron chi connectivity index (χ0n) is 19.8. The van der Waals surface area contributed by atoms with Gasteiger partial charge in [0.15, 0.2) is 0 Å². The summed E-state index contributed by atoms with van der Waals surface area (Å²) in [6.07, 6.45) is 4.24. The molecule has 0 bridgehead atoms. The van der Waals surface area contributed by atoms with Gasteiger partial charge < -0.3 is 14.5 Å². The molecule has 2 atom stereocenters. The second-order valence-electron chi connectivity index (χ2n) is 9.94. The first-order valence-corrected chi connectivity index (χ1v) is 12.5. The Labute approximate surface area is 205 Å². The van der Waals surface area contributed by atoms with Crippen molar-refractivity contribution in [1.29, 1.82) is 0 Å². The topological polar surface area (TPSA) is 93.0 Å². The van der Waals surface area contributed by atoms with Crippen LogP contribution in [-0.4, -0.2) is 52.9 Å². The number of likely N-dealkylation sites (tertiary alicyclic amines) is 2. The fraction of sp³-hybridized carbons (Fsp3) is 0.481. The van der Waals surface area contributed by atoms with E-state index < -0.39 is 11.0 Å². The SMILES string of the molecule is O=C(Oc1ccccc1[N+](=O)[O-])N1CCC(C2CCN(C(=O)C3CC3c3ccccc3)CC2)CC1. The number of nitro benzene ring substituents is 1. The smallest absolute Gasteiger partial charge is 0.403 e. The molecule has 2 amide bonds. The van der Waals surface area contributed by atoms with E-state index in [1.807, 2.05) is 18.2 Å². The second kappa shape index (κ2) is 10.1. The lowest BCUT2D eigenvalue weighted by molar-refractivity contribution is -0.385. The van der Waals surface area contributed by atoms with Crippen LogP contribution >= 0.6 is 0 Å². The van der Waals surface area contributed by atoms with Crippen LogP contribution in [0.25, 0.3) is 0 Å². The van der Waals surface area contributed by atoms with E-state index in [4.69, 9.17) is 4.74 Å². The Morgan fingerprint density at radius 3 is 2.03 bits per heavy atom. The monoisotopic (exact) mass is 477 g/mol. The maximum absolute atomic E-state index is 13.0. The highest BCUT2D eigenvalue weighted by atomic mass is 16.6. The minimum Gasteiger partial charge on any atom is -0.403 e. The van der Waals surface area contributed by atoms with Crippen molar-refractivity contribution in [2.75, 3.05) is 26.2 Å². The van der Waals surface area contributed by atoms with Crippen LogP contribution in [0.3, 0.4) is 0 Å². The Balaban J connectivity index is 1.07. The van der Waals surface area contributed by atoms with Crippen LogP contribution in [0.2, 0.25) is 0 Å². The fourth-order valence-corrected chi connectivity index (χ4v) is 5.77. The van der Waals surface area contributed by atoms with Crippen LogP contribution in [-0.2, 0) is 4.79 Å². The molecule has 2 aromatic carbocycles. The number of piperidine rings is 2. The van der Waals surface area contributed by atoms with Crippen molar-refractivity contribution in [1.82, 2.24) is 9.80 Å². The van der Waals surface area contributed by atoms with Gasteiger partial charge >= 0.3 is 11.8 Å². The number of benzene rings is 2. The van der Waals surface area contributed by atoms with E-state index in [9.17, 15) is 19.7 Å². The number of carbonyl (C=O) groups is 2. The summed E-state index contributed by atoms with van der Waals surface area (Å²) >= 11 is 0. The molecule has 2 saturated heterocycles. The summed E-state index contributed by atoms with van der Waals surface area (Å²) < 4.78 is 5.34. The molecule has 2 aromatic rings. The Morgan fingerprint density at radius 1 is 0.829 bits per heavy atom. The third-order valence-electron chi connectivity index (χ3n) is 7.91. The first kappa shape index (κ1) is 23.3. The first-order chi connectivity index (χ1) is 17.0. The van der Waals surface area contributed by atoms with Crippen LogP contribution in [0.15, 0.2) is 54.6 Å². The lowest BCUT2D eigenvalue weighted by Crippen LogP contribution is -2.45. The van der Waals surface area contributed by atoms with Crippen molar-refractivity contribution in [2.45, 2.75) is 38.0 Å². The fourth-order valence-electron chi connectivity index (χ4n) is 5.77. The van der Waals surface area contributed by atoms with Gasteiger partial charge in [-0.05, 0) is 61.5 Å². The molecular weight excluding hydrogens is 446 g/mol. The normalized spacial score (nSPS) is 23.1. The van der Waals surface area contributed by atoms with Crippen molar-refractivity contribution >= 4 is 17.7 Å². The molecule has 0 aromatic heterocycles. The Bertz CT molecular complexity index is 1080. The van der Waals surface area contributed by atoms with E-state index in [0.29, 0.717) is 36.8 Å². The molecule has 1 aliphatic carbocycles. The summed E-state index contributed by atoms with van der Waals surface area (Å²) in [5.74, 6) is 1.90. The van der Waals surface area contributed by atoms with Gasteiger partial charge in [-0.2, -0.15) is 0 Å². The van der Waals surface area contributed by atoms with Crippen LogP contribution in [0.4, 0.5) is 10.5 Å². The van der Waals surface area contributed by atoms with E-state index in [0.717, 1.165) is 45.2 Å². The average Bonchev–Trinajstić information content (AvgIpc) is 3.70. The van der Waals surface area contributed by atoms with Gasteiger partial charge in [0.2, 0.25) is 11.7 Å². The lowest BCUT2D eigenvalue weighted by atomic mass is 9.79. The van der Waals surface area contributed by atoms with Crippen LogP contribution < -0.4 is 4.74 Å². The van der Waals surface area contributed by atoms with Gasteiger partial charge in [-0.25, -0.2) is 4.79 Å². The van der Waals surface area contributed by atoms with E-state index in [1.54, 1.807) is 17.0 Å². The van der Waals surface area contributed by atoms with Gasteiger partial charge in [-0.15, -0.1) is 0 Å². The van der Waals surface area contributed by atoms with Crippen LogP contribution in [0, 0.1) is 27.9 Å². The number of hydrogen-bond donors (Lipinski definition) is 0. The van der Waals surface area contributed by atoms with Gasteiger partial charge in [0, 0.05) is 38.2 Å². The van der Waals surface area contributed by atoms with Gasteiger partial charge in [0.1, 0.15) is 0 Å². The van der Waals surface area contributed by atoms with Crippen molar-refractivity contribution in [3.8, 4) is 5.75 Å². The molecule has 35 heavy (non-hydrogen) atoms. The Morgan fingerprint density at radius 2 is 1.40 bits per heavy atom. The third-order valence-corrected chi connectivity index (χ3v) is 7.91. The minimum absolute atomic E-state index is 0.0215. The summed E-state index contributed by atoms with van der Waals surface area (Å²) in [5, 5.41) is 11.2. The predicted molar refractivity (Wildman–Crippen MR) is 130 cm³/mol. The van der Waals surface area contributed by atoms with Gasteiger partial charge in [-0.3, -0.25) is 14.9 Å². The highest BCUT2D eigenvalue weighted by molar-refractivity contribution is 5.83. The average molecular weight is 478 g/mol. The summed E-state index contributed by atoms with van der Waals surface area (Å²) in [5.41, 5.74) is 1.06. The zero-order chi connectivity index (χ0) is 24.4. The number of rotatable bonds is 5. The van der Waals surface area contributed by atoms with Crippen molar-refractivity contribution < 1.29 is 19.2 Å². The minimum atomic E-state index is -0.545. The van der Waals surface area contributed by atoms with Crippen LogP contribution in [0.1, 0.15) is 43.6 Å². The van der Waals surface area contributed by atoms with E-state index in [2.05, 4.69) is 17.0 Å². The van der Waals surface area contributed by atoms with Gasteiger partial charge in [0.25, 0.3) is 0 Å². The highest BCUT2D eigenvalue weighted by Gasteiger charge is 2.46. The summed E-state index contributed by atoms with van der Waals surface area (Å²) in [6.45, 7) is 2.82. The molecule has 184 valence electrons. The number of amides is 2. The highest BCUT2D eigenvalue weighted by Crippen LogP contribution is 2.49. The molecule has 5 rings (SSSR count). The van der Waals surface area contributed by atoms with Gasteiger partial charge in [0.05, 0.1) is 4.92 Å². The van der Waals surface area contributed by atoms with E-state index in [1.165, 1.54) is 17.7 Å². The van der Waals surface area contributed by atoms with E-state index >= 15 is 0 Å². The number of para-hydroxylation sites is 2. The van der Waals surface area contributed by atoms with Gasteiger partial charge in [-0.1, -0.05) is 42.5 Å². The summed E-state index contributed by atoms with van der Waals surface area (Å²) in [6, 6.07) is 16.3. The maximum atomic E-state index is 13.0. The predicted octanol–water partition coefficient (Wildman–Crippen LogP) is 4.85. The lowest BCUT2D eigenvalue weighted by Gasteiger charge is -2.40. The number of ether oxygens (including phenoxy) is 1. The summed E-state index contributed by atoms with van der Waals surface area (Å²) in [4.78, 5) is 39.9. The third kappa shape index (κ3) is 5.16. The molecule has 8 heteroatoms. The van der Waals surface area contributed by atoms with Crippen molar-refractivity contribution in [3.63, 3.8) is 0 Å². The molecule has 2 aliphatic heterocycles. The Kier molecular flexibility index (Phi) is 6.70. The molecular formula is C27H31N3O5. The van der Waals surface area contributed by atoms with Crippen LogP contribution in [0.5, 0.6) is 5.75 Å². The number of hydrogen-bond acceptors (Lipinski definition) is 5. The van der Waals surface area contributed by atoms with Crippen molar-refractivity contribution in [2.24, 2.45) is 17.8 Å². The standard InChI is InChI=1S/C27H31N3O5/c31-26(23-18-22(23)21-6-2-1-3-7-21)28-14-10-19(11-15-28)20-12-16-29(17-13-20)27(32)35-25-9-5-4-8-24(25)30(33)34/h1-9,19-20,22-23H,10-18H2. The molecule has 1 saturated carbocycles. The number of nitrogens with zero attached hydrogens (tertiary/aromatic N) is 3. The number of nitro groups is 1. The molecule has 0 N–H and O–H groups in total. The molecule has 0 radical (unpaired) electrons. The molecule has 2 heterocycles. The van der Waals surface area contributed by atoms with E-state index in [-0.39, 0.29) is 17.4 Å². The quantitative estimate of drug-likeness (QED) is 0.453. The van der Waals surface area contributed by atoms with Crippen molar-refractivity contribution in [3.05, 3.63) is 70.3 Å².